The van der Waals surface area contributed by atoms with Crippen LogP contribution in [0.3, 0.4) is 0 Å². The zero-order chi connectivity index (χ0) is 23.6. The molecule has 9 heteroatoms. The lowest BCUT2D eigenvalue weighted by Crippen LogP contribution is -2.20. The Balaban J connectivity index is 1.43. The second-order valence-electron chi connectivity index (χ2n) is 6.93. The van der Waals surface area contributed by atoms with E-state index in [2.05, 4.69) is 31.8 Å². The number of hydrogen-bond donors (Lipinski definition) is 2. The standard InChI is InChI=1S/C24H20BrClFN3O3/c25-19-13-17(7-10-22(19)33-15-16-5-8-18(26)9-6-16)14-28-30-24(32)12-11-23(31)29-21-4-2-1-3-20(21)27/h1-10,13-14H,11-12,15H2,(H,29,31)(H,30,32). The first-order valence-electron chi connectivity index (χ1n) is 9.94. The number of benzene rings is 3. The van der Waals surface area contributed by atoms with Gasteiger partial charge in [0.05, 0.1) is 16.4 Å². The summed E-state index contributed by atoms with van der Waals surface area (Å²) >= 11 is 9.34. The number of para-hydroxylation sites is 1. The molecule has 0 aliphatic carbocycles. The lowest BCUT2D eigenvalue weighted by Gasteiger charge is -2.09. The second-order valence-corrected chi connectivity index (χ2v) is 8.22. The lowest BCUT2D eigenvalue weighted by atomic mass is 10.2. The van der Waals surface area contributed by atoms with Crippen LogP contribution in [0.25, 0.3) is 0 Å². The molecule has 0 saturated heterocycles. The number of rotatable bonds is 9. The molecule has 2 N–H and O–H groups in total. The molecule has 2 amide bonds. The summed E-state index contributed by atoms with van der Waals surface area (Å²) in [6, 6.07) is 18.6. The molecular formula is C24H20BrClFN3O3. The van der Waals surface area contributed by atoms with E-state index in [4.69, 9.17) is 16.3 Å². The Morgan fingerprint density at radius 2 is 1.76 bits per heavy atom. The number of hydrazone groups is 1. The predicted octanol–water partition coefficient (Wildman–Crippen LogP) is 5.69. The molecule has 0 fully saturated rings. The fourth-order valence-corrected chi connectivity index (χ4v) is 3.33. The third kappa shape index (κ3) is 8.00. The van der Waals surface area contributed by atoms with Crippen LogP contribution >= 0.6 is 27.5 Å². The van der Waals surface area contributed by atoms with Crippen LogP contribution in [0, 0.1) is 5.82 Å². The van der Waals surface area contributed by atoms with Gasteiger partial charge in [-0.25, -0.2) is 9.82 Å². The Morgan fingerprint density at radius 1 is 1.03 bits per heavy atom. The van der Waals surface area contributed by atoms with Gasteiger partial charge in [0.1, 0.15) is 18.2 Å². The minimum Gasteiger partial charge on any atom is -0.488 e. The summed E-state index contributed by atoms with van der Waals surface area (Å²) in [6.07, 6.45) is 1.30. The van der Waals surface area contributed by atoms with E-state index in [-0.39, 0.29) is 18.5 Å². The third-order valence-electron chi connectivity index (χ3n) is 4.39. The van der Waals surface area contributed by atoms with Gasteiger partial charge in [-0.3, -0.25) is 9.59 Å². The molecule has 0 aliphatic heterocycles. The Morgan fingerprint density at radius 3 is 2.48 bits per heavy atom. The third-order valence-corrected chi connectivity index (χ3v) is 5.27. The zero-order valence-corrected chi connectivity index (χ0v) is 19.7. The second kappa shape index (κ2) is 12.1. The van der Waals surface area contributed by atoms with Crippen molar-refractivity contribution in [3.63, 3.8) is 0 Å². The zero-order valence-electron chi connectivity index (χ0n) is 17.4. The van der Waals surface area contributed by atoms with Crippen LogP contribution in [-0.4, -0.2) is 18.0 Å². The molecule has 0 radical (unpaired) electrons. The normalized spacial score (nSPS) is 10.8. The van der Waals surface area contributed by atoms with Gasteiger partial charge in [0.15, 0.2) is 0 Å². The molecule has 0 aliphatic rings. The fourth-order valence-electron chi connectivity index (χ4n) is 2.69. The number of anilines is 1. The first-order chi connectivity index (χ1) is 15.9. The molecule has 0 aromatic heterocycles. The summed E-state index contributed by atoms with van der Waals surface area (Å²) < 4.78 is 20.1. The van der Waals surface area contributed by atoms with E-state index in [0.717, 1.165) is 15.6 Å². The van der Waals surface area contributed by atoms with Gasteiger partial charge >= 0.3 is 0 Å². The van der Waals surface area contributed by atoms with Gasteiger partial charge in [-0.05, 0) is 69.5 Å². The number of carbonyl (C=O) groups excluding carboxylic acids is 2. The molecule has 0 spiro atoms. The molecule has 3 rings (SSSR count). The maximum atomic E-state index is 13.5. The highest BCUT2D eigenvalue weighted by atomic mass is 79.9. The van der Waals surface area contributed by atoms with Crippen molar-refractivity contribution in [1.29, 1.82) is 0 Å². The van der Waals surface area contributed by atoms with Gasteiger partial charge in [-0.1, -0.05) is 35.9 Å². The Hall–Kier alpha value is -3.23. The van der Waals surface area contributed by atoms with E-state index in [9.17, 15) is 14.0 Å². The SMILES string of the molecule is O=C(CCC(=O)Nc1ccccc1F)NN=Cc1ccc(OCc2ccc(Cl)cc2)c(Br)c1. The van der Waals surface area contributed by atoms with Crippen LogP contribution in [0.1, 0.15) is 24.0 Å². The molecule has 3 aromatic carbocycles. The molecule has 0 unspecified atom stereocenters. The molecule has 0 bridgehead atoms. The Labute approximate surface area is 203 Å². The number of nitrogens with one attached hydrogen (secondary N) is 2. The number of nitrogens with zero attached hydrogens (tertiary/aromatic N) is 1. The highest BCUT2D eigenvalue weighted by molar-refractivity contribution is 9.10. The van der Waals surface area contributed by atoms with Crippen molar-refractivity contribution in [2.24, 2.45) is 5.10 Å². The quantitative estimate of drug-likeness (QED) is 0.274. The van der Waals surface area contributed by atoms with Gasteiger partial charge < -0.3 is 10.1 Å². The van der Waals surface area contributed by atoms with E-state index in [0.29, 0.717) is 17.4 Å². The van der Waals surface area contributed by atoms with Crippen LogP contribution in [-0.2, 0) is 16.2 Å². The largest absolute Gasteiger partial charge is 0.488 e. The summed E-state index contributed by atoms with van der Waals surface area (Å²) in [7, 11) is 0. The summed E-state index contributed by atoms with van der Waals surface area (Å²) in [4.78, 5) is 23.8. The van der Waals surface area contributed by atoms with Crippen LogP contribution < -0.4 is 15.5 Å². The van der Waals surface area contributed by atoms with E-state index in [1.807, 2.05) is 12.1 Å². The van der Waals surface area contributed by atoms with Crippen LogP contribution in [0.15, 0.2) is 76.3 Å². The number of halogens is 3. The lowest BCUT2D eigenvalue weighted by molar-refractivity contribution is -0.124. The van der Waals surface area contributed by atoms with Crippen molar-refractivity contribution in [2.45, 2.75) is 19.4 Å². The van der Waals surface area contributed by atoms with Crippen molar-refractivity contribution >= 4 is 51.2 Å². The monoisotopic (exact) mass is 531 g/mol. The molecule has 0 heterocycles. The molecule has 170 valence electrons. The number of ether oxygens (including phenoxy) is 1. The van der Waals surface area contributed by atoms with Crippen molar-refractivity contribution in [3.05, 3.63) is 93.2 Å². The summed E-state index contributed by atoms with van der Waals surface area (Å²) in [5.74, 6) is -0.770. The Kier molecular flexibility index (Phi) is 8.97. The maximum Gasteiger partial charge on any atom is 0.240 e. The summed E-state index contributed by atoms with van der Waals surface area (Å²) in [6.45, 7) is 0.393. The predicted molar refractivity (Wildman–Crippen MR) is 130 cm³/mol. The van der Waals surface area contributed by atoms with Crippen molar-refractivity contribution < 1.29 is 18.7 Å². The van der Waals surface area contributed by atoms with E-state index in [1.54, 1.807) is 36.4 Å². The van der Waals surface area contributed by atoms with E-state index >= 15 is 0 Å². The van der Waals surface area contributed by atoms with Gasteiger partial charge in [0.25, 0.3) is 0 Å². The van der Waals surface area contributed by atoms with Crippen LogP contribution in [0.5, 0.6) is 5.75 Å². The fraction of sp³-hybridized carbons (Fsp3) is 0.125. The Bertz CT molecular complexity index is 1160. The molecule has 3 aromatic rings. The maximum absolute atomic E-state index is 13.5. The molecule has 0 atom stereocenters. The van der Waals surface area contributed by atoms with Gasteiger partial charge in [0.2, 0.25) is 11.8 Å². The molecule has 0 saturated carbocycles. The van der Waals surface area contributed by atoms with Crippen LogP contribution in [0.2, 0.25) is 5.02 Å². The molecule has 6 nitrogen and oxygen atoms in total. The average Bonchev–Trinajstić information content (AvgIpc) is 2.80. The van der Waals surface area contributed by atoms with Crippen molar-refractivity contribution in [3.8, 4) is 5.75 Å². The minimum absolute atomic E-state index is 0.0760. The van der Waals surface area contributed by atoms with Crippen molar-refractivity contribution in [1.82, 2.24) is 5.43 Å². The topological polar surface area (TPSA) is 79.8 Å². The van der Waals surface area contributed by atoms with Crippen LogP contribution in [0.4, 0.5) is 10.1 Å². The number of amides is 2. The smallest absolute Gasteiger partial charge is 0.240 e. The molecule has 33 heavy (non-hydrogen) atoms. The van der Waals surface area contributed by atoms with Gasteiger partial charge in [-0.2, -0.15) is 5.10 Å². The highest BCUT2D eigenvalue weighted by Gasteiger charge is 2.09. The summed E-state index contributed by atoms with van der Waals surface area (Å²) in [5.41, 5.74) is 4.16. The number of hydrogen-bond acceptors (Lipinski definition) is 4. The van der Waals surface area contributed by atoms with E-state index in [1.165, 1.54) is 24.4 Å². The first-order valence-corrected chi connectivity index (χ1v) is 11.1. The minimum atomic E-state index is -0.535. The van der Waals surface area contributed by atoms with Gasteiger partial charge in [-0.15, -0.1) is 0 Å². The van der Waals surface area contributed by atoms with Gasteiger partial charge in [0, 0.05) is 17.9 Å². The molecular weight excluding hydrogens is 513 g/mol. The first kappa shape index (κ1) is 24.4. The van der Waals surface area contributed by atoms with E-state index < -0.39 is 17.6 Å². The summed E-state index contributed by atoms with van der Waals surface area (Å²) in [5, 5.41) is 6.99. The number of carbonyl (C=O) groups is 2. The average molecular weight is 533 g/mol. The van der Waals surface area contributed by atoms with Crippen molar-refractivity contribution in [2.75, 3.05) is 5.32 Å². The highest BCUT2D eigenvalue weighted by Crippen LogP contribution is 2.26.